The van der Waals surface area contributed by atoms with Crippen LogP contribution in [0.4, 0.5) is 4.79 Å². The fourth-order valence-corrected chi connectivity index (χ4v) is 4.86. The molecule has 148 valence electrons. The van der Waals surface area contributed by atoms with Crippen LogP contribution in [0.3, 0.4) is 0 Å². The Balaban J connectivity index is 1.57. The normalized spacial score (nSPS) is 31.5. The Morgan fingerprint density at radius 1 is 0.769 bits per heavy atom. The zero-order valence-corrected chi connectivity index (χ0v) is 16.2. The van der Waals surface area contributed by atoms with Crippen molar-refractivity contribution in [2.75, 3.05) is 53.5 Å². The topological polar surface area (TPSA) is 62.3 Å². The molecule has 7 nitrogen and oxygen atoms in total. The summed E-state index contributed by atoms with van der Waals surface area (Å²) in [6, 6.07) is 0.927. The van der Waals surface area contributed by atoms with Crippen LogP contribution < -0.4 is 0 Å². The number of hydrogen-bond donors (Lipinski definition) is 0. The molecule has 0 N–H and O–H groups in total. The van der Waals surface area contributed by atoms with Crippen molar-refractivity contribution in [2.45, 2.75) is 50.6 Å². The zero-order chi connectivity index (χ0) is 18.5. The van der Waals surface area contributed by atoms with Gasteiger partial charge in [0.1, 0.15) is 0 Å². The van der Waals surface area contributed by atoms with Gasteiger partial charge in [0.05, 0.1) is 20.1 Å². The molecular formula is C19H33N3O4. The number of nitrogens with zero attached hydrogens (tertiary/aromatic N) is 3. The lowest BCUT2D eigenvalue weighted by atomic mass is 9.93. The molecule has 0 radical (unpaired) electrons. The molecule has 0 spiro atoms. The molecule has 0 aromatic carbocycles. The van der Waals surface area contributed by atoms with Gasteiger partial charge in [-0.2, -0.15) is 0 Å². The zero-order valence-electron chi connectivity index (χ0n) is 16.2. The van der Waals surface area contributed by atoms with Crippen LogP contribution in [0.1, 0.15) is 38.5 Å². The number of rotatable bonds is 3. The molecule has 0 aromatic heterocycles. The molecule has 3 saturated heterocycles. The summed E-state index contributed by atoms with van der Waals surface area (Å²) in [7, 11) is 2.94. The fraction of sp³-hybridized carbons (Fsp3) is 0.895. The number of ether oxygens (including phenoxy) is 2. The standard InChI is InChI=1S/C19H33N3O4/c1-25-18(23)15-6-3-9-20(12-15)16-7-4-10-21(13-16)17-8-5-11-22(14-17)19(24)26-2/h15-17H,3-14H2,1-2H3/t15-,16-,17-/m0/s1. The van der Waals surface area contributed by atoms with Gasteiger partial charge in [0.25, 0.3) is 0 Å². The number of carbonyl (C=O) groups excluding carboxylic acids is 2. The van der Waals surface area contributed by atoms with Gasteiger partial charge in [-0.1, -0.05) is 0 Å². The van der Waals surface area contributed by atoms with E-state index < -0.39 is 0 Å². The Bertz CT molecular complexity index is 459. The van der Waals surface area contributed by atoms with E-state index in [1.165, 1.54) is 27.1 Å². The molecule has 3 heterocycles. The van der Waals surface area contributed by atoms with Crippen LogP contribution in [0.15, 0.2) is 0 Å². The third-order valence-electron chi connectivity index (χ3n) is 6.28. The van der Waals surface area contributed by atoms with Crippen LogP contribution in [0, 0.1) is 5.92 Å². The predicted octanol–water partition coefficient (Wildman–Crippen LogP) is 1.57. The highest BCUT2D eigenvalue weighted by Gasteiger charge is 2.35. The van der Waals surface area contributed by atoms with Crippen molar-refractivity contribution < 1.29 is 19.1 Å². The number of carbonyl (C=O) groups is 2. The summed E-state index contributed by atoms with van der Waals surface area (Å²) < 4.78 is 9.86. The van der Waals surface area contributed by atoms with Gasteiger partial charge in [-0.25, -0.2) is 4.79 Å². The van der Waals surface area contributed by atoms with Gasteiger partial charge in [-0.3, -0.25) is 14.6 Å². The van der Waals surface area contributed by atoms with E-state index in [0.717, 1.165) is 65.0 Å². The van der Waals surface area contributed by atoms with E-state index >= 15 is 0 Å². The van der Waals surface area contributed by atoms with E-state index in [9.17, 15) is 9.59 Å². The summed E-state index contributed by atoms with van der Waals surface area (Å²) in [6.45, 7) is 5.60. The van der Waals surface area contributed by atoms with Gasteiger partial charge in [-0.05, 0) is 51.6 Å². The number of likely N-dealkylation sites (tertiary alicyclic amines) is 3. The van der Waals surface area contributed by atoms with Crippen molar-refractivity contribution in [3.05, 3.63) is 0 Å². The molecule has 3 aliphatic rings. The molecule has 0 aromatic rings. The maximum absolute atomic E-state index is 11.9. The first kappa shape index (κ1) is 19.4. The van der Waals surface area contributed by atoms with E-state index in [4.69, 9.17) is 9.47 Å². The van der Waals surface area contributed by atoms with E-state index in [1.807, 2.05) is 4.90 Å². The smallest absolute Gasteiger partial charge is 0.409 e. The van der Waals surface area contributed by atoms with Gasteiger partial charge in [-0.15, -0.1) is 0 Å². The molecule has 0 aliphatic carbocycles. The minimum atomic E-state index is -0.208. The van der Waals surface area contributed by atoms with Crippen LogP contribution in [0.2, 0.25) is 0 Å². The first-order valence-corrected chi connectivity index (χ1v) is 10.0. The largest absolute Gasteiger partial charge is 0.469 e. The Labute approximate surface area is 156 Å². The number of methoxy groups -OCH3 is 2. The lowest BCUT2D eigenvalue weighted by Crippen LogP contribution is -2.57. The average molecular weight is 367 g/mol. The predicted molar refractivity (Wildman–Crippen MR) is 97.9 cm³/mol. The SMILES string of the molecule is COC(=O)[C@H]1CCCN([C@H]2CCCN([C@H]3CCCN(C(=O)OC)C3)C2)C1. The molecule has 3 fully saturated rings. The summed E-state index contributed by atoms with van der Waals surface area (Å²) in [5.41, 5.74) is 0. The van der Waals surface area contributed by atoms with Crippen LogP contribution in [0.25, 0.3) is 0 Å². The maximum Gasteiger partial charge on any atom is 0.409 e. The van der Waals surface area contributed by atoms with Gasteiger partial charge in [0, 0.05) is 38.3 Å². The van der Waals surface area contributed by atoms with Crippen LogP contribution in [-0.4, -0.2) is 92.3 Å². The molecule has 0 saturated carbocycles. The lowest BCUT2D eigenvalue weighted by molar-refractivity contribution is -0.147. The van der Waals surface area contributed by atoms with Gasteiger partial charge in [0.2, 0.25) is 0 Å². The number of hydrogen-bond acceptors (Lipinski definition) is 6. The van der Waals surface area contributed by atoms with Gasteiger partial charge < -0.3 is 14.4 Å². The van der Waals surface area contributed by atoms with Gasteiger partial charge in [0.15, 0.2) is 0 Å². The highest BCUT2D eigenvalue weighted by molar-refractivity contribution is 5.72. The van der Waals surface area contributed by atoms with Crippen molar-refractivity contribution in [1.82, 2.24) is 14.7 Å². The van der Waals surface area contributed by atoms with Crippen molar-refractivity contribution in [2.24, 2.45) is 5.92 Å². The number of piperidine rings is 3. The monoisotopic (exact) mass is 367 g/mol. The molecule has 3 aliphatic heterocycles. The quantitative estimate of drug-likeness (QED) is 0.706. The molecule has 26 heavy (non-hydrogen) atoms. The van der Waals surface area contributed by atoms with E-state index in [0.29, 0.717) is 12.1 Å². The summed E-state index contributed by atoms with van der Waals surface area (Å²) in [5, 5.41) is 0. The third kappa shape index (κ3) is 4.49. The Morgan fingerprint density at radius 3 is 2.08 bits per heavy atom. The second kappa shape index (κ2) is 9.04. The van der Waals surface area contributed by atoms with Crippen molar-refractivity contribution in [1.29, 1.82) is 0 Å². The minimum absolute atomic E-state index is 0.0219. The van der Waals surface area contributed by atoms with Crippen LogP contribution in [0.5, 0.6) is 0 Å². The van der Waals surface area contributed by atoms with Crippen LogP contribution in [-0.2, 0) is 14.3 Å². The first-order valence-electron chi connectivity index (χ1n) is 10.0. The molecule has 3 rings (SSSR count). The summed E-state index contributed by atoms with van der Waals surface area (Å²) in [4.78, 5) is 30.7. The molecule has 7 heteroatoms. The first-order chi connectivity index (χ1) is 12.6. The highest BCUT2D eigenvalue weighted by Crippen LogP contribution is 2.26. The molecule has 0 bridgehead atoms. The average Bonchev–Trinajstić information content (AvgIpc) is 2.72. The Hall–Kier alpha value is -1.34. The highest BCUT2D eigenvalue weighted by atomic mass is 16.5. The lowest BCUT2D eigenvalue weighted by Gasteiger charge is -2.46. The number of esters is 1. The second-order valence-electron chi connectivity index (χ2n) is 7.86. The minimum Gasteiger partial charge on any atom is -0.469 e. The Kier molecular flexibility index (Phi) is 6.75. The van der Waals surface area contributed by atoms with Crippen LogP contribution >= 0.6 is 0 Å². The van der Waals surface area contributed by atoms with Crippen molar-refractivity contribution >= 4 is 12.1 Å². The molecule has 0 unspecified atom stereocenters. The van der Waals surface area contributed by atoms with Crippen molar-refractivity contribution in [3.8, 4) is 0 Å². The molecule has 3 atom stereocenters. The van der Waals surface area contributed by atoms with E-state index in [-0.39, 0.29) is 18.0 Å². The third-order valence-corrected chi connectivity index (χ3v) is 6.28. The summed E-state index contributed by atoms with van der Waals surface area (Å²) in [6.07, 6.45) is 6.35. The number of amides is 1. The van der Waals surface area contributed by atoms with E-state index in [2.05, 4.69) is 9.80 Å². The molecule has 1 amide bonds. The van der Waals surface area contributed by atoms with Crippen molar-refractivity contribution in [3.63, 3.8) is 0 Å². The Morgan fingerprint density at radius 2 is 1.38 bits per heavy atom. The fourth-order valence-electron chi connectivity index (χ4n) is 4.86. The summed E-state index contributed by atoms with van der Waals surface area (Å²) >= 11 is 0. The second-order valence-corrected chi connectivity index (χ2v) is 7.86. The molecular weight excluding hydrogens is 334 g/mol. The maximum atomic E-state index is 11.9. The van der Waals surface area contributed by atoms with E-state index in [1.54, 1.807) is 0 Å². The summed E-state index contributed by atoms with van der Waals surface area (Å²) in [5.74, 6) is -0.0445. The van der Waals surface area contributed by atoms with Gasteiger partial charge >= 0.3 is 12.1 Å².